The molecular weight excluding hydrogens is 310 g/mol. The monoisotopic (exact) mass is 321 g/mol. The van der Waals surface area contributed by atoms with Gasteiger partial charge in [-0.25, -0.2) is 13.4 Å². The number of nitrogens with one attached hydrogen (secondary N) is 1. The molecule has 21 heavy (non-hydrogen) atoms. The summed E-state index contributed by atoms with van der Waals surface area (Å²) in [4.78, 5) is 7.74. The second-order valence-corrected chi connectivity index (χ2v) is 7.16. The first kappa shape index (κ1) is 13.9. The molecule has 1 aromatic heterocycles. The Bertz CT molecular complexity index is 948. The van der Waals surface area contributed by atoms with Crippen LogP contribution in [0.1, 0.15) is 0 Å². The van der Waals surface area contributed by atoms with Crippen molar-refractivity contribution in [3.8, 4) is 11.4 Å². The summed E-state index contributed by atoms with van der Waals surface area (Å²) in [6.07, 6.45) is 1.17. The minimum atomic E-state index is -3.26. The number of rotatable bonds is 2. The van der Waals surface area contributed by atoms with Crippen molar-refractivity contribution in [1.29, 1.82) is 0 Å². The van der Waals surface area contributed by atoms with Crippen molar-refractivity contribution in [2.24, 2.45) is 0 Å². The first-order valence-electron chi connectivity index (χ1n) is 6.10. The summed E-state index contributed by atoms with van der Waals surface area (Å²) in [6.45, 7) is 0. The molecule has 0 aliphatic carbocycles. The van der Waals surface area contributed by atoms with Crippen molar-refractivity contribution in [2.75, 3.05) is 12.0 Å². The highest BCUT2D eigenvalue weighted by atomic mass is 35.5. The largest absolute Gasteiger partial charge is 0.397 e. The summed E-state index contributed by atoms with van der Waals surface area (Å²) in [6, 6.07) is 10.0. The molecule has 0 aliphatic rings. The van der Waals surface area contributed by atoms with Gasteiger partial charge in [-0.2, -0.15) is 0 Å². The minimum Gasteiger partial charge on any atom is -0.397 e. The summed E-state index contributed by atoms with van der Waals surface area (Å²) in [5.74, 6) is 0.552. The van der Waals surface area contributed by atoms with Gasteiger partial charge in [-0.1, -0.05) is 17.7 Å². The number of hydrogen-bond acceptors (Lipinski definition) is 4. The van der Waals surface area contributed by atoms with Crippen molar-refractivity contribution in [3.05, 3.63) is 41.4 Å². The van der Waals surface area contributed by atoms with Gasteiger partial charge in [-0.05, 0) is 30.3 Å². The number of sulfone groups is 1. The molecule has 0 spiro atoms. The van der Waals surface area contributed by atoms with Crippen LogP contribution in [0.3, 0.4) is 0 Å². The molecule has 7 heteroatoms. The Hall–Kier alpha value is -2.05. The Kier molecular flexibility index (Phi) is 3.15. The van der Waals surface area contributed by atoms with Crippen molar-refractivity contribution in [2.45, 2.75) is 4.90 Å². The summed E-state index contributed by atoms with van der Waals surface area (Å²) in [5.41, 5.74) is 8.36. The number of para-hydroxylation sites is 1. The lowest BCUT2D eigenvalue weighted by Crippen LogP contribution is -1.96. The molecule has 3 rings (SSSR count). The second-order valence-electron chi connectivity index (χ2n) is 4.74. The SMILES string of the molecule is CS(=O)(=O)c1ccc2nc(-c3cccc(Cl)c3N)[nH]c2c1. The Morgan fingerprint density at radius 2 is 2.00 bits per heavy atom. The number of fused-ring (bicyclic) bond motifs is 1. The zero-order valence-corrected chi connectivity index (χ0v) is 12.7. The van der Waals surface area contributed by atoms with Crippen LogP contribution in [0.5, 0.6) is 0 Å². The van der Waals surface area contributed by atoms with Gasteiger partial charge >= 0.3 is 0 Å². The summed E-state index contributed by atoms with van der Waals surface area (Å²) in [7, 11) is -3.26. The van der Waals surface area contributed by atoms with Crippen LogP contribution in [0.25, 0.3) is 22.4 Å². The van der Waals surface area contributed by atoms with E-state index in [0.717, 1.165) is 0 Å². The number of aromatic amines is 1. The maximum absolute atomic E-state index is 11.6. The van der Waals surface area contributed by atoms with Gasteiger partial charge in [0.2, 0.25) is 0 Å². The molecule has 0 atom stereocenters. The molecule has 3 aromatic rings. The fraction of sp³-hybridized carbons (Fsp3) is 0.0714. The second kappa shape index (κ2) is 4.75. The molecule has 0 saturated heterocycles. The minimum absolute atomic E-state index is 0.240. The molecule has 1 heterocycles. The Morgan fingerprint density at radius 1 is 1.24 bits per heavy atom. The number of nitrogen functional groups attached to an aromatic ring is 1. The van der Waals surface area contributed by atoms with E-state index < -0.39 is 9.84 Å². The van der Waals surface area contributed by atoms with Gasteiger partial charge < -0.3 is 10.7 Å². The molecular formula is C14H12ClN3O2S. The van der Waals surface area contributed by atoms with Crippen molar-refractivity contribution < 1.29 is 8.42 Å². The van der Waals surface area contributed by atoms with Gasteiger partial charge in [-0.15, -0.1) is 0 Å². The van der Waals surface area contributed by atoms with Crippen LogP contribution in [0.15, 0.2) is 41.3 Å². The molecule has 0 radical (unpaired) electrons. The predicted molar refractivity (Wildman–Crippen MR) is 84.1 cm³/mol. The summed E-state index contributed by atoms with van der Waals surface area (Å²) in [5, 5.41) is 0.449. The lowest BCUT2D eigenvalue weighted by molar-refractivity contribution is 0.602. The van der Waals surface area contributed by atoms with Gasteiger partial charge in [0.15, 0.2) is 9.84 Å². The Balaban J connectivity index is 2.20. The van der Waals surface area contributed by atoms with E-state index in [4.69, 9.17) is 17.3 Å². The van der Waals surface area contributed by atoms with E-state index in [2.05, 4.69) is 9.97 Å². The lowest BCUT2D eigenvalue weighted by atomic mass is 10.2. The van der Waals surface area contributed by atoms with Gasteiger partial charge in [0, 0.05) is 11.8 Å². The van der Waals surface area contributed by atoms with Crippen LogP contribution in [-0.2, 0) is 9.84 Å². The van der Waals surface area contributed by atoms with E-state index in [1.54, 1.807) is 30.3 Å². The highest BCUT2D eigenvalue weighted by Crippen LogP contribution is 2.31. The zero-order valence-electron chi connectivity index (χ0n) is 11.1. The third-order valence-electron chi connectivity index (χ3n) is 3.19. The molecule has 2 aromatic carbocycles. The average molecular weight is 322 g/mol. The summed E-state index contributed by atoms with van der Waals surface area (Å²) >= 11 is 6.00. The molecule has 0 unspecified atom stereocenters. The van der Waals surface area contributed by atoms with E-state index in [-0.39, 0.29) is 4.90 Å². The zero-order chi connectivity index (χ0) is 15.2. The average Bonchev–Trinajstić information content (AvgIpc) is 2.83. The van der Waals surface area contributed by atoms with Gasteiger partial charge in [0.25, 0.3) is 0 Å². The lowest BCUT2D eigenvalue weighted by Gasteiger charge is -2.03. The van der Waals surface area contributed by atoms with E-state index in [0.29, 0.717) is 33.1 Å². The number of H-pyrrole nitrogens is 1. The van der Waals surface area contributed by atoms with Gasteiger partial charge in [0.05, 0.1) is 26.6 Å². The Morgan fingerprint density at radius 3 is 2.71 bits per heavy atom. The fourth-order valence-corrected chi connectivity index (χ4v) is 2.91. The van der Waals surface area contributed by atoms with Crippen LogP contribution in [-0.4, -0.2) is 24.6 Å². The third-order valence-corrected chi connectivity index (χ3v) is 4.63. The van der Waals surface area contributed by atoms with Crippen LogP contribution in [0.2, 0.25) is 5.02 Å². The number of benzene rings is 2. The predicted octanol–water partition coefficient (Wildman–Crippen LogP) is 2.87. The fourth-order valence-electron chi connectivity index (χ4n) is 2.09. The Labute approximate surface area is 126 Å². The first-order chi connectivity index (χ1) is 9.86. The van der Waals surface area contributed by atoms with Gasteiger partial charge in [0.1, 0.15) is 5.82 Å². The van der Waals surface area contributed by atoms with Gasteiger partial charge in [-0.3, -0.25) is 0 Å². The topological polar surface area (TPSA) is 88.8 Å². The smallest absolute Gasteiger partial charge is 0.175 e. The standard InChI is InChI=1S/C14H12ClN3O2S/c1-21(19,20)8-5-6-11-12(7-8)18-14(17-11)9-3-2-4-10(15)13(9)16/h2-7H,16H2,1H3,(H,17,18). The molecule has 0 aliphatic heterocycles. The first-order valence-corrected chi connectivity index (χ1v) is 8.37. The number of hydrogen-bond donors (Lipinski definition) is 2. The summed E-state index contributed by atoms with van der Waals surface area (Å²) < 4.78 is 23.2. The van der Waals surface area contributed by atoms with Crippen molar-refractivity contribution in [3.63, 3.8) is 0 Å². The maximum atomic E-state index is 11.6. The molecule has 108 valence electrons. The quantitative estimate of drug-likeness (QED) is 0.710. The van der Waals surface area contributed by atoms with E-state index in [9.17, 15) is 8.42 Å². The molecule has 3 N–H and O–H groups in total. The number of halogens is 1. The van der Waals surface area contributed by atoms with Crippen LogP contribution in [0.4, 0.5) is 5.69 Å². The van der Waals surface area contributed by atoms with Crippen LogP contribution >= 0.6 is 11.6 Å². The van der Waals surface area contributed by atoms with Crippen LogP contribution < -0.4 is 5.73 Å². The number of anilines is 1. The highest BCUT2D eigenvalue weighted by Gasteiger charge is 2.13. The molecule has 0 amide bonds. The van der Waals surface area contributed by atoms with Crippen molar-refractivity contribution in [1.82, 2.24) is 9.97 Å². The van der Waals surface area contributed by atoms with Crippen molar-refractivity contribution >= 4 is 38.2 Å². The normalized spacial score (nSPS) is 11.9. The van der Waals surface area contributed by atoms with E-state index in [1.165, 1.54) is 12.3 Å². The number of aromatic nitrogens is 2. The maximum Gasteiger partial charge on any atom is 0.175 e. The van der Waals surface area contributed by atoms with Crippen LogP contribution in [0, 0.1) is 0 Å². The van der Waals surface area contributed by atoms with E-state index >= 15 is 0 Å². The molecule has 0 saturated carbocycles. The highest BCUT2D eigenvalue weighted by molar-refractivity contribution is 7.90. The van der Waals surface area contributed by atoms with E-state index in [1.807, 2.05) is 0 Å². The number of nitrogens with two attached hydrogens (primary N) is 1. The molecule has 0 bridgehead atoms. The molecule has 0 fully saturated rings. The number of nitrogens with zero attached hydrogens (tertiary/aromatic N) is 1. The number of imidazole rings is 1. The third kappa shape index (κ3) is 2.48. The molecule has 5 nitrogen and oxygen atoms in total.